The van der Waals surface area contributed by atoms with E-state index in [0.717, 1.165) is 30.8 Å². The maximum atomic E-state index is 12.2. The largest absolute Gasteiger partial charge is 0.484 e. The van der Waals surface area contributed by atoms with Crippen molar-refractivity contribution in [3.8, 4) is 0 Å². The van der Waals surface area contributed by atoms with Crippen LogP contribution in [-0.2, 0) is 28.5 Å². The zero-order valence-electron chi connectivity index (χ0n) is 23.0. The third-order valence-electron chi connectivity index (χ3n) is 6.42. The van der Waals surface area contributed by atoms with Gasteiger partial charge in [0, 0.05) is 38.4 Å². The van der Waals surface area contributed by atoms with Gasteiger partial charge in [-0.2, -0.15) is 0 Å². The third kappa shape index (κ3) is 9.34. The first-order valence-corrected chi connectivity index (χ1v) is 13.2. The Balaban J connectivity index is 1.38. The van der Waals surface area contributed by atoms with E-state index in [1.165, 1.54) is 6.08 Å². The normalized spacial score (nSPS) is 27.7. The number of rotatable bonds is 9. The van der Waals surface area contributed by atoms with Crippen LogP contribution in [-0.4, -0.2) is 79.4 Å². The van der Waals surface area contributed by atoms with Crippen LogP contribution in [0, 0.1) is 0 Å². The zero-order valence-corrected chi connectivity index (χ0v) is 23.0. The molecule has 3 heterocycles. The van der Waals surface area contributed by atoms with Crippen molar-refractivity contribution in [1.29, 1.82) is 0 Å². The molecular weight excluding hydrogens is 476 g/mol. The number of nitrogens with zero attached hydrogens (tertiary/aromatic N) is 1. The summed E-state index contributed by atoms with van der Waals surface area (Å²) in [6, 6.07) is -0.250. The summed E-state index contributed by atoms with van der Waals surface area (Å²) in [6.07, 6.45) is 7.86. The van der Waals surface area contributed by atoms with Crippen molar-refractivity contribution in [1.82, 2.24) is 10.2 Å². The number of ether oxygens (including phenoxy) is 5. The summed E-state index contributed by atoms with van der Waals surface area (Å²) in [4.78, 5) is 25.8. The first-order chi connectivity index (χ1) is 17.5. The smallest absolute Gasteiger partial charge is 0.410 e. The van der Waals surface area contributed by atoms with Gasteiger partial charge in [-0.05, 0) is 59.3 Å². The van der Waals surface area contributed by atoms with Gasteiger partial charge in [-0.3, -0.25) is 4.79 Å². The van der Waals surface area contributed by atoms with Crippen molar-refractivity contribution in [3.63, 3.8) is 0 Å². The van der Waals surface area contributed by atoms with Crippen molar-refractivity contribution in [2.24, 2.45) is 0 Å². The summed E-state index contributed by atoms with van der Waals surface area (Å²) < 4.78 is 28.6. The molecule has 0 aromatic heterocycles. The summed E-state index contributed by atoms with van der Waals surface area (Å²) in [5.41, 5.74) is 4.02. The lowest BCUT2D eigenvalue weighted by molar-refractivity contribution is -0.187. The van der Waals surface area contributed by atoms with E-state index in [0.29, 0.717) is 32.7 Å². The molecule has 0 radical (unpaired) electrons. The second-order valence-electron chi connectivity index (χ2n) is 10.5. The highest BCUT2D eigenvalue weighted by atomic mass is 16.7. The number of amides is 2. The van der Waals surface area contributed by atoms with E-state index in [1.807, 2.05) is 32.9 Å². The molecule has 37 heavy (non-hydrogen) atoms. The van der Waals surface area contributed by atoms with Crippen molar-refractivity contribution in [2.75, 3.05) is 32.9 Å². The first-order valence-electron chi connectivity index (χ1n) is 13.2. The van der Waals surface area contributed by atoms with Crippen molar-refractivity contribution in [3.05, 3.63) is 41.4 Å². The fraction of sp³-hybridized carbons (Fsp3) is 0.679. The highest BCUT2D eigenvalue weighted by Gasteiger charge is 2.53. The Morgan fingerprint density at radius 1 is 1.24 bits per heavy atom. The van der Waals surface area contributed by atoms with Crippen LogP contribution in [0.15, 0.2) is 41.4 Å². The molecule has 0 aromatic carbocycles. The van der Waals surface area contributed by atoms with Crippen LogP contribution in [0.25, 0.3) is 0 Å². The average molecular weight is 519 g/mol. The minimum absolute atomic E-state index is 0.0582. The number of carbonyl (C=O) groups excluding carboxylic acids is 2. The molecule has 0 bridgehead atoms. The predicted octanol–water partition coefficient (Wildman–Crippen LogP) is 4.00. The van der Waals surface area contributed by atoms with Crippen LogP contribution in [0.2, 0.25) is 0 Å². The Morgan fingerprint density at radius 2 is 1.92 bits per heavy atom. The van der Waals surface area contributed by atoms with Gasteiger partial charge in [0.2, 0.25) is 5.91 Å². The van der Waals surface area contributed by atoms with Crippen molar-refractivity contribution >= 4 is 12.0 Å². The van der Waals surface area contributed by atoms with Crippen LogP contribution >= 0.6 is 0 Å². The monoisotopic (exact) mass is 518 g/mol. The molecule has 3 rings (SSSR count). The number of hydrogen-bond acceptors (Lipinski definition) is 7. The second kappa shape index (κ2) is 12.8. The molecule has 0 unspecified atom stereocenters. The van der Waals surface area contributed by atoms with Gasteiger partial charge >= 0.3 is 6.09 Å². The minimum Gasteiger partial charge on any atom is -0.484 e. The quantitative estimate of drug-likeness (QED) is 0.213. The molecule has 1 N–H and O–H groups in total. The van der Waals surface area contributed by atoms with E-state index in [-0.39, 0.29) is 29.4 Å². The molecule has 206 valence electrons. The average Bonchev–Trinajstić information content (AvgIpc) is 3.58. The Bertz CT molecular complexity index is 924. The lowest BCUT2D eigenvalue weighted by atomic mass is 9.87. The van der Waals surface area contributed by atoms with E-state index in [1.54, 1.807) is 17.9 Å². The topological polar surface area (TPSA) is 98.9 Å². The van der Waals surface area contributed by atoms with Gasteiger partial charge in [-0.1, -0.05) is 11.8 Å². The molecule has 9 nitrogen and oxygen atoms in total. The Hall–Kier alpha value is -2.58. The van der Waals surface area contributed by atoms with Crippen LogP contribution in [0.5, 0.6) is 0 Å². The van der Waals surface area contributed by atoms with Crippen molar-refractivity contribution < 1.29 is 33.3 Å². The van der Waals surface area contributed by atoms with Crippen molar-refractivity contribution in [2.45, 2.75) is 90.4 Å². The molecule has 2 amide bonds. The fourth-order valence-corrected chi connectivity index (χ4v) is 4.45. The number of hydrogen-bond donors (Lipinski definition) is 1. The number of allylic oxidation sites excluding steroid dienone is 1. The molecule has 3 saturated heterocycles. The zero-order chi connectivity index (χ0) is 27.1. The Kier molecular flexibility index (Phi) is 10.0. The van der Waals surface area contributed by atoms with E-state index < -0.39 is 12.2 Å². The molecule has 3 aliphatic heterocycles. The minimum atomic E-state index is -0.513. The van der Waals surface area contributed by atoms with Gasteiger partial charge in [0.05, 0.1) is 25.9 Å². The highest BCUT2D eigenvalue weighted by molar-refractivity contribution is 5.87. The van der Waals surface area contributed by atoms with E-state index in [9.17, 15) is 9.59 Å². The predicted molar refractivity (Wildman–Crippen MR) is 139 cm³/mol. The summed E-state index contributed by atoms with van der Waals surface area (Å²) in [6.45, 7) is 14.3. The molecule has 9 heteroatoms. The van der Waals surface area contributed by atoms with Gasteiger partial charge in [0.1, 0.15) is 23.1 Å². The van der Waals surface area contributed by atoms with E-state index in [4.69, 9.17) is 23.7 Å². The maximum Gasteiger partial charge on any atom is 0.410 e. The molecule has 0 aliphatic carbocycles. The molecule has 0 aromatic rings. The summed E-state index contributed by atoms with van der Waals surface area (Å²) in [7, 11) is 0. The first kappa shape index (κ1) is 29.0. The highest BCUT2D eigenvalue weighted by Crippen LogP contribution is 2.46. The number of carbonyl (C=O) groups is 2. The van der Waals surface area contributed by atoms with Crippen LogP contribution in [0.4, 0.5) is 4.79 Å². The van der Waals surface area contributed by atoms with Gasteiger partial charge < -0.3 is 33.9 Å². The van der Waals surface area contributed by atoms with Crippen LogP contribution in [0.3, 0.4) is 0 Å². The molecule has 3 aliphatic rings. The van der Waals surface area contributed by atoms with E-state index in [2.05, 4.69) is 24.9 Å². The lowest BCUT2D eigenvalue weighted by Crippen LogP contribution is -2.46. The van der Waals surface area contributed by atoms with Gasteiger partial charge in [-0.25, -0.2) is 4.79 Å². The fourth-order valence-electron chi connectivity index (χ4n) is 4.45. The Labute approximate surface area is 220 Å². The van der Waals surface area contributed by atoms with Gasteiger partial charge in [0.15, 0.2) is 6.29 Å². The SMILES string of the molecule is CCN(CC)C(=O)O[C@@H](C)/C=C\C(=O)NC1COC(C/C=C(\C)C=C=C2C[C@]3(CO3)CC(C)(C)O2)OC1. The lowest BCUT2D eigenvalue weighted by Gasteiger charge is -2.35. The van der Waals surface area contributed by atoms with Gasteiger partial charge in [0.25, 0.3) is 0 Å². The molecule has 0 saturated carbocycles. The molecule has 1 spiro atoms. The summed E-state index contributed by atoms with van der Waals surface area (Å²) >= 11 is 0. The molecule has 2 atom stereocenters. The third-order valence-corrected chi connectivity index (χ3v) is 6.42. The molecular formula is C28H42N2O7. The second-order valence-corrected chi connectivity index (χ2v) is 10.5. The van der Waals surface area contributed by atoms with Gasteiger partial charge in [-0.15, -0.1) is 0 Å². The number of epoxide rings is 1. The standard InChI is InChI=1S/C28H42N2O7/c1-7-30(8-2)26(32)36-21(4)11-13-24(31)29-22-16-33-25(34-17-22)14-10-20(3)9-12-23-15-28(19-35-28)18-27(5,6)37-23/h9-11,13,21-22,25H,7-8,14-19H2,1-6H3,(H,29,31)/b13-11-,20-10+/t12?,21-,22?,25?,28+/m0/s1. The van der Waals surface area contributed by atoms with Crippen LogP contribution in [0.1, 0.15) is 60.8 Å². The van der Waals surface area contributed by atoms with E-state index >= 15 is 0 Å². The summed E-state index contributed by atoms with van der Waals surface area (Å²) in [5, 5.41) is 2.85. The maximum absolute atomic E-state index is 12.2. The summed E-state index contributed by atoms with van der Waals surface area (Å²) in [5.74, 6) is 0.539. The van der Waals surface area contributed by atoms with Crippen LogP contribution < -0.4 is 5.32 Å². The Morgan fingerprint density at radius 3 is 2.54 bits per heavy atom. The number of nitrogens with one attached hydrogen (secondary N) is 1. The molecule has 3 fully saturated rings.